The fraction of sp³-hybridized carbons (Fsp3) is 0.333. The van der Waals surface area contributed by atoms with Crippen molar-refractivity contribution in [2.45, 2.75) is 18.9 Å². The first-order valence-corrected chi connectivity index (χ1v) is 5.79. The van der Waals surface area contributed by atoms with Crippen LogP contribution >= 0.6 is 11.6 Å². The molecule has 1 aliphatic rings. The lowest BCUT2D eigenvalue weighted by atomic mass is 10.2. The van der Waals surface area contributed by atoms with E-state index in [4.69, 9.17) is 16.9 Å². The topological polar surface area (TPSA) is 64.9 Å². The second kappa shape index (κ2) is 5.07. The third-order valence-corrected chi connectivity index (χ3v) is 2.84. The number of amides is 2. The largest absolute Gasteiger partial charge is 0.322 e. The average Bonchev–Trinajstić information content (AvgIpc) is 3.09. The fourth-order valence-corrected chi connectivity index (χ4v) is 1.75. The van der Waals surface area contributed by atoms with Crippen LogP contribution in [0.15, 0.2) is 24.3 Å². The summed E-state index contributed by atoms with van der Waals surface area (Å²) in [5.74, 6) is 0.310. The fourth-order valence-electron chi connectivity index (χ4n) is 1.56. The molecule has 0 bridgehead atoms. The number of anilines is 1. The van der Waals surface area contributed by atoms with Crippen LogP contribution in [-0.4, -0.2) is 12.1 Å². The molecule has 1 aromatic carbocycles. The van der Waals surface area contributed by atoms with Gasteiger partial charge in [-0.05, 0) is 37.0 Å². The summed E-state index contributed by atoms with van der Waals surface area (Å²) in [5, 5.41) is 14.7. The number of carbonyl (C=O) groups excluding carboxylic acids is 1. The van der Waals surface area contributed by atoms with Gasteiger partial charge in [0.05, 0.1) is 6.07 Å². The van der Waals surface area contributed by atoms with E-state index in [1.54, 1.807) is 24.3 Å². The summed E-state index contributed by atoms with van der Waals surface area (Å²) in [7, 11) is 0. The highest BCUT2D eigenvalue weighted by molar-refractivity contribution is 6.30. The minimum atomic E-state index is -0.394. The lowest BCUT2D eigenvalue weighted by Gasteiger charge is -2.11. The standard InChI is InChI=1S/C12H12ClN3O/c13-9-2-1-3-10(6-9)15-12(17)16-11(7-14)8-4-5-8/h1-3,6,8,11H,4-5H2,(H2,15,16,17). The Morgan fingerprint density at radius 1 is 1.53 bits per heavy atom. The Morgan fingerprint density at radius 2 is 2.29 bits per heavy atom. The maximum atomic E-state index is 11.6. The van der Waals surface area contributed by atoms with E-state index in [9.17, 15) is 4.79 Å². The molecule has 0 saturated heterocycles. The lowest BCUT2D eigenvalue weighted by Crippen LogP contribution is -2.38. The quantitative estimate of drug-likeness (QED) is 0.865. The van der Waals surface area contributed by atoms with Gasteiger partial charge in [0.25, 0.3) is 0 Å². The molecule has 1 saturated carbocycles. The highest BCUT2D eigenvalue weighted by atomic mass is 35.5. The predicted octanol–water partition coefficient (Wildman–Crippen LogP) is 2.76. The number of urea groups is 1. The van der Waals surface area contributed by atoms with E-state index >= 15 is 0 Å². The summed E-state index contributed by atoms with van der Waals surface area (Å²) in [6.07, 6.45) is 2.02. The first kappa shape index (κ1) is 11.7. The Morgan fingerprint density at radius 3 is 2.88 bits per heavy atom. The van der Waals surface area contributed by atoms with Crippen molar-refractivity contribution in [1.29, 1.82) is 5.26 Å². The van der Waals surface area contributed by atoms with Crippen LogP contribution in [0.3, 0.4) is 0 Å². The first-order valence-electron chi connectivity index (χ1n) is 5.42. The Bertz CT molecular complexity index is 465. The van der Waals surface area contributed by atoms with Crippen molar-refractivity contribution in [3.63, 3.8) is 0 Å². The zero-order valence-electron chi connectivity index (χ0n) is 9.11. The van der Waals surface area contributed by atoms with Crippen molar-refractivity contribution in [2.24, 2.45) is 5.92 Å². The Kier molecular flexibility index (Phi) is 3.50. The van der Waals surface area contributed by atoms with Gasteiger partial charge >= 0.3 is 6.03 Å². The summed E-state index contributed by atoms with van der Waals surface area (Å²) in [6.45, 7) is 0. The van der Waals surface area contributed by atoms with Gasteiger partial charge in [-0.25, -0.2) is 4.79 Å². The molecular weight excluding hydrogens is 238 g/mol. The number of nitriles is 1. The number of nitrogens with zero attached hydrogens (tertiary/aromatic N) is 1. The van der Waals surface area contributed by atoms with Gasteiger partial charge in [0.15, 0.2) is 0 Å². The zero-order valence-corrected chi connectivity index (χ0v) is 9.87. The van der Waals surface area contributed by atoms with Gasteiger partial charge < -0.3 is 10.6 Å². The van der Waals surface area contributed by atoms with Crippen molar-refractivity contribution >= 4 is 23.3 Å². The minimum absolute atomic E-state index is 0.310. The smallest absolute Gasteiger partial charge is 0.320 e. The molecule has 0 spiro atoms. The molecule has 2 rings (SSSR count). The highest BCUT2D eigenvalue weighted by Gasteiger charge is 2.32. The molecule has 1 atom stereocenters. The number of hydrogen-bond donors (Lipinski definition) is 2. The van der Waals surface area contributed by atoms with Crippen molar-refractivity contribution in [1.82, 2.24) is 5.32 Å². The normalized spacial score (nSPS) is 15.8. The molecule has 0 aliphatic heterocycles. The van der Waals surface area contributed by atoms with E-state index in [0.29, 0.717) is 16.6 Å². The van der Waals surface area contributed by atoms with Crippen LogP contribution in [0.25, 0.3) is 0 Å². The van der Waals surface area contributed by atoms with Crippen LogP contribution in [0, 0.1) is 17.2 Å². The molecule has 5 heteroatoms. The van der Waals surface area contributed by atoms with Crippen LogP contribution in [0.5, 0.6) is 0 Å². The molecule has 1 fully saturated rings. The SMILES string of the molecule is N#CC(NC(=O)Nc1cccc(Cl)c1)C1CC1. The van der Waals surface area contributed by atoms with Crippen LogP contribution in [-0.2, 0) is 0 Å². The van der Waals surface area contributed by atoms with E-state index in [2.05, 4.69) is 16.7 Å². The molecule has 17 heavy (non-hydrogen) atoms. The maximum Gasteiger partial charge on any atom is 0.320 e. The molecule has 1 unspecified atom stereocenters. The molecule has 0 aromatic heterocycles. The molecule has 2 amide bonds. The van der Waals surface area contributed by atoms with Gasteiger partial charge in [-0.3, -0.25) is 0 Å². The van der Waals surface area contributed by atoms with Gasteiger partial charge in [0.1, 0.15) is 6.04 Å². The van der Waals surface area contributed by atoms with Crippen LogP contribution < -0.4 is 10.6 Å². The van der Waals surface area contributed by atoms with Gasteiger partial charge in [-0.2, -0.15) is 5.26 Å². The molecule has 0 heterocycles. The number of nitrogens with one attached hydrogen (secondary N) is 2. The molecule has 1 aliphatic carbocycles. The van der Waals surface area contributed by atoms with E-state index in [1.165, 1.54) is 0 Å². The first-order chi connectivity index (χ1) is 8.19. The Labute approximate surface area is 105 Å². The lowest BCUT2D eigenvalue weighted by molar-refractivity contribution is 0.249. The second-order valence-electron chi connectivity index (χ2n) is 4.05. The van der Waals surface area contributed by atoms with Crippen LogP contribution in [0.1, 0.15) is 12.8 Å². The average molecular weight is 250 g/mol. The van der Waals surface area contributed by atoms with E-state index in [-0.39, 0.29) is 6.03 Å². The third-order valence-electron chi connectivity index (χ3n) is 2.60. The van der Waals surface area contributed by atoms with Gasteiger partial charge in [-0.1, -0.05) is 17.7 Å². The summed E-state index contributed by atoms with van der Waals surface area (Å²) >= 11 is 5.80. The van der Waals surface area contributed by atoms with Crippen molar-refractivity contribution in [3.05, 3.63) is 29.3 Å². The summed E-state index contributed by atoms with van der Waals surface area (Å²) in [5.41, 5.74) is 0.613. The Balaban J connectivity index is 1.90. The number of rotatable bonds is 3. The monoisotopic (exact) mass is 249 g/mol. The molecule has 1 aromatic rings. The molecule has 2 N–H and O–H groups in total. The van der Waals surface area contributed by atoms with Crippen molar-refractivity contribution < 1.29 is 4.79 Å². The molecule has 0 radical (unpaired) electrons. The molecule has 88 valence electrons. The number of hydrogen-bond acceptors (Lipinski definition) is 2. The van der Waals surface area contributed by atoms with Crippen LogP contribution in [0.4, 0.5) is 10.5 Å². The van der Waals surface area contributed by atoms with E-state index in [1.807, 2.05) is 0 Å². The minimum Gasteiger partial charge on any atom is -0.322 e. The summed E-state index contributed by atoms with van der Waals surface area (Å²) < 4.78 is 0. The van der Waals surface area contributed by atoms with E-state index < -0.39 is 6.04 Å². The van der Waals surface area contributed by atoms with Crippen LogP contribution in [0.2, 0.25) is 5.02 Å². The maximum absolute atomic E-state index is 11.6. The summed E-state index contributed by atoms with van der Waals surface area (Å²) in [6, 6.07) is 8.20. The number of benzene rings is 1. The van der Waals surface area contributed by atoms with Gasteiger partial charge in [-0.15, -0.1) is 0 Å². The van der Waals surface area contributed by atoms with E-state index in [0.717, 1.165) is 12.8 Å². The zero-order chi connectivity index (χ0) is 12.3. The highest BCUT2D eigenvalue weighted by Crippen LogP contribution is 2.32. The van der Waals surface area contributed by atoms with Crippen molar-refractivity contribution in [2.75, 3.05) is 5.32 Å². The predicted molar refractivity (Wildman–Crippen MR) is 65.7 cm³/mol. The molecule has 4 nitrogen and oxygen atoms in total. The number of carbonyl (C=O) groups is 1. The van der Waals surface area contributed by atoms with Gasteiger partial charge in [0, 0.05) is 10.7 Å². The Hall–Kier alpha value is -1.73. The van der Waals surface area contributed by atoms with Crippen molar-refractivity contribution in [3.8, 4) is 6.07 Å². The second-order valence-corrected chi connectivity index (χ2v) is 4.49. The number of halogens is 1. The summed E-state index contributed by atoms with van der Waals surface area (Å²) in [4.78, 5) is 11.6. The third kappa shape index (κ3) is 3.36. The van der Waals surface area contributed by atoms with Gasteiger partial charge in [0.2, 0.25) is 0 Å². The molecular formula is C12H12ClN3O.